The van der Waals surface area contributed by atoms with Crippen LogP contribution in [0.2, 0.25) is 0 Å². The normalized spacial score (nSPS) is 10.9. The summed E-state index contributed by atoms with van der Waals surface area (Å²) in [5, 5.41) is 5.69. The molecule has 0 bridgehead atoms. The molecule has 2 amide bonds. The minimum absolute atomic E-state index is 0.150. The van der Waals surface area contributed by atoms with Crippen LogP contribution < -0.4 is 10.6 Å². The van der Waals surface area contributed by atoms with Crippen LogP contribution in [0, 0.1) is 0 Å². The van der Waals surface area contributed by atoms with Gasteiger partial charge in [-0.15, -0.1) is 0 Å². The summed E-state index contributed by atoms with van der Waals surface area (Å²) in [6, 6.07) is 15.9. The van der Waals surface area contributed by atoms with Gasteiger partial charge in [0.2, 0.25) is 0 Å². The third-order valence-electron chi connectivity index (χ3n) is 2.93. The zero-order valence-electron chi connectivity index (χ0n) is 13.0. The van der Waals surface area contributed by atoms with Crippen LogP contribution in [0.3, 0.4) is 0 Å². The van der Waals surface area contributed by atoms with Crippen molar-refractivity contribution in [1.29, 1.82) is 0 Å². The molecule has 0 saturated carbocycles. The summed E-state index contributed by atoms with van der Waals surface area (Å²) in [5.41, 5.74) is 1.49. The van der Waals surface area contributed by atoms with E-state index in [1.165, 1.54) is 0 Å². The Kier molecular flexibility index (Phi) is 4.61. The maximum absolute atomic E-state index is 12.1. The first kappa shape index (κ1) is 15.8. The van der Waals surface area contributed by atoms with Crippen LogP contribution in [0.5, 0.6) is 0 Å². The summed E-state index contributed by atoms with van der Waals surface area (Å²) in [6.07, 6.45) is 0. The predicted octanol–water partition coefficient (Wildman–Crippen LogP) is 3.47. The molecule has 22 heavy (non-hydrogen) atoms. The van der Waals surface area contributed by atoms with E-state index in [1.807, 2.05) is 51.1 Å². The van der Waals surface area contributed by atoms with Crippen LogP contribution in [-0.4, -0.2) is 17.4 Å². The summed E-state index contributed by atoms with van der Waals surface area (Å²) in [5.74, 6) is -0.350. The van der Waals surface area contributed by atoms with Crippen LogP contribution in [0.1, 0.15) is 41.5 Å². The molecule has 2 N–H and O–H groups in total. The molecule has 114 valence electrons. The molecule has 4 nitrogen and oxygen atoms in total. The standard InChI is InChI=1S/C18H20N2O2/c1-18(2,3)20-17(22)14-11-9-13(10-12-14)16(21)19-15-7-5-4-6-8-15/h4-12H,1-3H3,(H,19,21)(H,20,22). The van der Waals surface area contributed by atoms with Gasteiger partial charge in [0.15, 0.2) is 0 Å². The average molecular weight is 296 g/mol. The van der Waals surface area contributed by atoms with Crippen molar-refractivity contribution >= 4 is 17.5 Å². The minimum atomic E-state index is -0.291. The van der Waals surface area contributed by atoms with Gasteiger partial charge in [0, 0.05) is 22.4 Å². The molecule has 0 heterocycles. The van der Waals surface area contributed by atoms with Crippen molar-refractivity contribution in [1.82, 2.24) is 5.32 Å². The number of carbonyl (C=O) groups is 2. The number of benzene rings is 2. The largest absolute Gasteiger partial charge is 0.347 e. The zero-order valence-corrected chi connectivity index (χ0v) is 13.0. The topological polar surface area (TPSA) is 58.2 Å². The third-order valence-corrected chi connectivity index (χ3v) is 2.93. The summed E-state index contributed by atoms with van der Waals surface area (Å²) in [7, 11) is 0. The number of para-hydroxylation sites is 1. The Labute approximate surface area is 130 Å². The Bertz CT molecular complexity index is 656. The Morgan fingerprint density at radius 3 is 1.77 bits per heavy atom. The van der Waals surface area contributed by atoms with E-state index >= 15 is 0 Å². The van der Waals surface area contributed by atoms with Crippen LogP contribution in [-0.2, 0) is 0 Å². The maximum atomic E-state index is 12.1. The lowest BCUT2D eigenvalue weighted by Crippen LogP contribution is -2.40. The van der Waals surface area contributed by atoms with E-state index in [0.29, 0.717) is 11.1 Å². The van der Waals surface area contributed by atoms with Gasteiger partial charge in [-0.1, -0.05) is 18.2 Å². The number of hydrogen-bond donors (Lipinski definition) is 2. The molecule has 4 heteroatoms. The first-order chi connectivity index (χ1) is 10.3. The smallest absolute Gasteiger partial charge is 0.255 e. The second-order valence-corrected chi connectivity index (χ2v) is 6.10. The quantitative estimate of drug-likeness (QED) is 0.911. The highest BCUT2D eigenvalue weighted by atomic mass is 16.2. The summed E-state index contributed by atoms with van der Waals surface area (Å²) in [6.45, 7) is 5.77. The highest BCUT2D eigenvalue weighted by Crippen LogP contribution is 2.11. The van der Waals surface area contributed by atoms with E-state index in [-0.39, 0.29) is 17.4 Å². The summed E-state index contributed by atoms with van der Waals surface area (Å²) < 4.78 is 0. The molecule has 0 saturated heterocycles. The van der Waals surface area contributed by atoms with Gasteiger partial charge in [0.25, 0.3) is 11.8 Å². The van der Waals surface area contributed by atoms with Crippen LogP contribution >= 0.6 is 0 Å². The zero-order chi connectivity index (χ0) is 16.2. The van der Waals surface area contributed by atoms with Crippen molar-refractivity contribution in [3.63, 3.8) is 0 Å². The number of anilines is 1. The van der Waals surface area contributed by atoms with Crippen molar-refractivity contribution in [2.45, 2.75) is 26.3 Å². The molecule has 2 aromatic carbocycles. The molecule has 0 atom stereocenters. The monoisotopic (exact) mass is 296 g/mol. The Morgan fingerprint density at radius 2 is 1.27 bits per heavy atom. The van der Waals surface area contributed by atoms with E-state index in [9.17, 15) is 9.59 Å². The van der Waals surface area contributed by atoms with Crippen molar-refractivity contribution in [3.8, 4) is 0 Å². The predicted molar refractivity (Wildman–Crippen MR) is 88.1 cm³/mol. The van der Waals surface area contributed by atoms with Gasteiger partial charge in [-0.25, -0.2) is 0 Å². The van der Waals surface area contributed by atoms with E-state index in [4.69, 9.17) is 0 Å². The number of nitrogens with one attached hydrogen (secondary N) is 2. The average Bonchev–Trinajstić information content (AvgIpc) is 2.46. The van der Waals surface area contributed by atoms with Crippen LogP contribution in [0.4, 0.5) is 5.69 Å². The van der Waals surface area contributed by atoms with Gasteiger partial charge in [0.1, 0.15) is 0 Å². The van der Waals surface area contributed by atoms with Gasteiger partial charge in [0.05, 0.1) is 0 Å². The SMILES string of the molecule is CC(C)(C)NC(=O)c1ccc(C(=O)Nc2ccccc2)cc1. The van der Waals surface area contributed by atoms with Crippen molar-refractivity contribution < 1.29 is 9.59 Å². The molecule has 0 aromatic heterocycles. The van der Waals surface area contributed by atoms with E-state index in [2.05, 4.69) is 10.6 Å². The van der Waals surface area contributed by atoms with Crippen molar-refractivity contribution in [2.75, 3.05) is 5.32 Å². The Hall–Kier alpha value is -2.62. The molecular formula is C18H20N2O2. The lowest BCUT2D eigenvalue weighted by molar-refractivity contribution is 0.0918. The lowest BCUT2D eigenvalue weighted by Gasteiger charge is -2.20. The first-order valence-electron chi connectivity index (χ1n) is 7.14. The molecule has 0 fully saturated rings. The van der Waals surface area contributed by atoms with Crippen molar-refractivity contribution in [3.05, 3.63) is 65.7 Å². The number of carbonyl (C=O) groups excluding carboxylic acids is 2. The number of rotatable bonds is 3. The number of hydrogen-bond acceptors (Lipinski definition) is 2. The molecule has 2 rings (SSSR count). The highest BCUT2D eigenvalue weighted by Gasteiger charge is 2.15. The molecule has 0 aliphatic heterocycles. The van der Waals surface area contributed by atoms with Crippen LogP contribution in [0.15, 0.2) is 54.6 Å². The second-order valence-electron chi connectivity index (χ2n) is 6.10. The molecule has 0 aliphatic carbocycles. The molecule has 0 spiro atoms. The molecular weight excluding hydrogens is 276 g/mol. The molecule has 0 aliphatic rings. The fraction of sp³-hybridized carbons (Fsp3) is 0.222. The van der Waals surface area contributed by atoms with Crippen LogP contribution in [0.25, 0.3) is 0 Å². The van der Waals surface area contributed by atoms with Crippen molar-refractivity contribution in [2.24, 2.45) is 0 Å². The van der Waals surface area contributed by atoms with Gasteiger partial charge in [-0.2, -0.15) is 0 Å². The molecule has 2 aromatic rings. The Morgan fingerprint density at radius 1 is 0.773 bits per heavy atom. The maximum Gasteiger partial charge on any atom is 0.255 e. The third kappa shape index (κ3) is 4.45. The first-order valence-corrected chi connectivity index (χ1v) is 7.14. The second kappa shape index (κ2) is 6.43. The van der Waals surface area contributed by atoms with Gasteiger partial charge in [-0.05, 0) is 57.2 Å². The minimum Gasteiger partial charge on any atom is -0.347 e. The van der Waals surface area contributed by atoms with E-state index in [1.54, 1.807) is 24.3 Å². The molecule has 0 radical (unpaired) electrons. The van der Waals surface area contributed by atoms with Gasteiger partial charge in [-0.3, -0.25) is 9.59 Å². The summed E-state index contributed by atoms with van der Waals surface area (Å²) >= 11 is 0. The molecule has 0 unspecified atom stereocenters. The van der Waals surface area contributed by atoms with Gasteiger partial charge < -0.3 is 10.6 Å². The highest BCUT2D eigenvalue weighted by molar-refractivity contribution is 6.05. The fourth-order valence-corrected chi connectivity index (χ4v) is 1.91. The van der Waals surface area contributed by atoms with Gasteiger partial charge >= 0.3 is 0 Å². The summed E-state index contributed by atoms with van der Waals surface area (Å²) in [4.78, 5) is 24.1. The number of amides is 2. The van der Waals surface area contributed by atoms with E-state index < -0.39 is 0 Å². The fourth-order valence-electron chi connectivity index (χ4n) is 1.91. The lowest BCUT2D eigenvalue weighted by atomic mass is 10.1. The Balaban J connectivity index is 2.05. The van der Waals surface area contributed by atoms with E-state index in [0.717, 1.165) is 5.69 Å².